The van der Waals surface area contributed by atoms with E-state index in [0.29, 0.717) is 40.5 Å². The van der Waals surface area contributed by atoms with Gasteiger partial charge in [-0.3, -0.25) is 9.59 Å². The standard InChI is InChI=1S/C27H28N2O5/c1-32-24-15-19(16-25(33-2)26(24)34-3)12-13-23(30)20-10-7-11-21(17-20)29-27(31)22(28)14-18-8-5-4-6-9-18/h4-13,15-17,22H,14,28H2,1-3H3,(H,29,31)/b13-12+. The molecule has 0 saturated heterocycles. The third-order valence-electron chi connectivity index (χ3n) is 5.16. The minimum atomic E-state index is -0.707. The molecule has 0 aliphatic rings. The number of methoxy groups -OCH3 is 3. The molecule has 3 N–H and O–H groups in total. The SMILES string of the molecule is COc1cc(/C=C/C(=O)c2cccc(NC(=O)C(N)Cc3ccccc3)c2)cc(OC)c1OC. The molecule has 0 spiro atoms. The summed E-state index contributed by atoms with van der Waals surface area (Å²) >= 11 is 0. The van der Waals surface area contributed by atoms with Gasteiger partial charge in [0.1, 0.15) is 0 Å². The zero-order valence-electron chi connectivity index (χ0n) is 19.4. The summed E-state index contributed by atoms with van der Waals surface area (Å²) in [6.07, 6.45) is 3.53. The van der Waals surface area contributed by atoms with Crippen LogP contribution >= 0.6 is 0 Å². The summed E-state index contributed by atoms with van der Waals surface area (Å²) < 4.78 is 16.0. The highest BCUT2D eigenvalue weighted by Crippen LogP contribution is 2.38. The van der Waals surface area contributed by atoms with Crippen LogP contribution in [0.3, 0.4) is 0 Å². The van der Waals surface area contributed by atoms with Gasteiger partial charge in [0.15, 0.2) is 17.3 Å². The van der Waals surface area contributed by atoms with Crippen molar-refractivity contribution >= 4 is 23.5 Å². The van der Waals surface area contributed by atoms with Gasteiger partial charge in [-0.05, 0) is 47.9 Å². The van der Waals surface area contributed by atoms with Crippen LogP contribution in [0.25, 0.3) is 6.08 Å². The number of nitrogens with two attached hydrogens (primary N) is 1. The molecule has 0 heterocycles. The molecule has 0 saturated carbocycles. The van der Waals surface area contributed by atoms with Crippen molar-refractivity contribution in [2.24, 2.45) is 5.73 Å². The highest BCUT2D eigenvalue weighted by molar-refractivity contribution is 6.08. The Morgan fingerprint density at radius 3 is 2.21 bits per heavy atom. The fourth-order valence-electron chi connectivity index (χ4n) is 3.41. The second kappa shape index (κ2) is 11.7. The van der Waals surface area contributed by atoms with Gasteiger partial charge in [0.2, 0.25) is 11.7 Å². The lowest BCUT2D eigenvalue weighted by Gasteiger charge is -2.13. The molecule has 0 fully saturated rings. The average Bonchev–Trinajstić information content (AvgIpc) is 2.87. The molecule has 7 heteroatoms. The summed E-state index contributed by atoms with van der Waals surface area (Å²) in [5, 5.41) is 2.79. The highest BCUT2D eigenvalue weighted by atomic mass is 16.5. The number of allylic oxidation sites excluding steroid dienone is 1. The van der Waals surface area contributed by atoms with Gasteiger partial charge in [0, 0.05) is 11.3 Å². The molecule has 34 heavy (non-hydrogen) atoms. The van der Waals surface area contributed by atoms with Crippen LogP contribution in [-0.2, 0) is 11.2 Å². The van der Waals surface area contributed by atoms with Crippen molar-refractivity contribution < 1.29 is 23.8 Å². The first-order valence-electron chi connectivity index (χ1n) is 10.7. The van der Waals surface area contributed by atoms with Crippen molar-refractivity contribution in [1.82, 2.24) is 0 Å². The van der Waals surface area contributed by atoms with Gasteiger partial charge in [-0.1, -0.05) is 48.5 Å². The Kier molecular flexibility index (Phi) is 8.43. The predicted octanol–water partition coefficient (Wildman–Crippen LogP) is 4.12. The van der Waals surface area contributed by atoms with Gasteiger partial charge in [-0.2, -0.15) is 0 Å². The van der Waals surface area contributed by atoms with E-state index < -0.39 is 6.04 Å². The Balaban J connectivity index is 1.70. The smallest absolute Gasteiger partial charge is 0.241 e. The van der Waals surface area contributed by atoms with Gasteiger partial charge in [-0.15, -0.1) is 0 Å². The van der Waals surface area contributed by atoms with Crippen LogP contribution in [0.4, 0.5) is 5.69 Å². The van der Waals surface area contributed by atoms with Crippen molar-refractivity contribution in [3.63, 3.8) is 0 Å². The Bertz CT molecular complexity index is 1150. The van der Waals surface area contributed by atoms with Crippen LogP contribution in [0.1, 0.15) is 21.5 Å². The third-order valence-corrected chi connectivity index (χ3v) is 5.16. The molecule has 176 valence electrons. The van der Waals surface area contributed by atoms with E-state index >= 15 is 0 Å². The predicted molar refractivity (Wildman–Crippen MR) is 133 cm³/mol. The third kappa shape index (κ3) is 6.24. The van der Waals surface area contributed by atoms with Crippen LogP contribution in [-0.4, -0.2) is 39.1 Å². The van der Waals surface area contributed by atoms with Crippen LogP contribution in [0, 0.1) is 0 Å². The maximum Gasteiger partial charge on any atom is 0.241 e. The summed E-state index contributed by atoms with van der Waals surface area (Å²) in [5.74, 6) is 0.915. The van der Waals surface area contributed by atoms with E-state index in [1.165, 1.54) is 27.4 Å². The van der Waals surface area contributed by atoms with Crippen molar-refractivity contribution in [3.05, 3.63) is 89.5 Å². The van der Waals surface area contributed by atoms with Gasteiger partial charge in [0.05, 0.1) is 27.4 Å². The summed E-state index contributed by atoms with van der Waals surface area (Å²) in [5.41, 5.74) is 8.67. The Morgan fingerprint density at radius 2 is 1.59 bits per heavy atom. The van der Waals surface area contributed by atoms with Gasteiger partial charge >= 0.3 is 0 Å². The number of benzene rings is 3. The van der Waals surface area contributed by atoms with E-state index in [9.17, 15) is 9.59 Å². The van der Waals surface area contributed by atoms with Crippen molar-refractivity contribution in [1.29, 1.82) is 0 Å². The average molecular weight is 461 g/mol. The van der Waals surface area contributed by atoms with E-state index in [1.54, 1.807) is 42.5 Å². The van der Waals surface area contributed by atoms with Crippen molar-refractivity contribution in [2.45, 2.75) is 12.5 Å². The first-order chi connectivity index (χ1) is 16.4. The lowest BCUT2D eigenvalue weighted by molar-refractivity contribution is -0.117. The molecule has 3 aromatic carbocycles. The topological polar surface area (TPSA) is 99.9 Å². The molecular weight excluding hydrogens is 432 g/mol. The minimum absolute atomic E-state index is 0.224. The number of hydrogen-bond acceptors (Lipinski definition) is 6. The van der Waals surface area contributed by atoms with E-state index in [0.717, 1.165) is 5.56 Å². The van der Waals surface area contributed by atoms with E-state index in [-0.39, 0.29) is 11.7 Å². The summed E-state index contributed by atoms with van der Waals surface area (Å²) in [6.45, 7) is 0. The maximum atomic E-state index is 12.8. The number of carbonyl (C=O) groups excluding carboxylic acids is 2. The molecular formula is C27H28N2O5. The normalized spacial score (nSPS) is 11.6. The Hall–Kier alpha value is -4.10. The minimum Gasteiger partial charge on any atom is -0.493 e. The van der Waals surface area contributed by atoms with E-state index in [4.69, 9.17) is 19.9 Å². The number of amides is 1. The number of hydrogen-bond donors (Lipinski definition) is 2. The number of nitrogens with one attached hydrogen (secondary N) is 1. The van der Waals surface area contributed by atoms with Crippen LogP contribution in [0.15, 0.2) is 72.8 Å². The van der Waals surface area contributed by atoms with Crippen LogP contribution < -0.4 is 25.3 Å². The fourth-order valence-corrected chi connectivity index (χ4v) is 3.41. The number of anilines is 1. The number of ketones is 1. The molecule has 0 aliphatic carbocycles. The van der Waals surface area contributed by atoms with E-state index in [2.05, 4.69) is 5.32 Å². The molecule has 1 unspecified atom stereocenters. The molecule has 0 aliphatic heterocycles. The summed E-state index contributed by atoms with van der Waals surface area (Å²) in [4.78, 5) is 25.3. The van der Waals surface area contributed by atoms with Crippen molar-refractivity contribution in [3.8, 4) is 17.2 Å². The second-order valence-electron chi connectivity index (χ2n) is 7.52. The lowest BCUT2D eigenvalue weighted by atomic mass is 10.1. The van der Waals surface area contributed by atoms with Crippen LogP contribution in [0.2, 0.25) is 0 Å². The molecule has 3 aromatic rings. The second-order valence-corrected chi connectivity index (χ2v) is 7.52. The largest absolute Gasteiger partial charge is 0.493 e. The first kappa shape index (κ1) is 24.5. The summed E-state index contributed by atoms with van der Waals surface area (Å²) in [7, 11) is 4.59. The van der Waals surface area contributed by atoms with Gasteiger partial charge in [-0.25, -0.2) is 0 Å². The summed E-state index contributed by atoms with van der Waals surface area (Å²) in [6, 6.07) is 19.1. The quantitative estimate of drug-likeness (QED) is 0.349. The molecule has 1 amide bonds. The Labute approximate surface area is 199 Å². The van der Waals surface area contributed by atoms with E-state index in [1.807, 2.05) is 30.3 Å². The monoisotopic (exact) mass is 460 g/mol. The maximum absolute atomic E-state index is 12.8. The van der Waals surface area contributed by atoms with Crippen molar-refractivity contribution in [2.75, 3.05) is 26.6 Å². The van der Waals surface area contributed by atoms with Crippen LogP contribution in [0.5, 0.6) is 17.2 Å². The lowest BCUT2D eigenvalue weighted by Crippen LogP contribution is -2.37. The van der Waals surface area contributed by atoms with Gasteiger partial charge in [0.25, 0.3) is 0 Å². The number of rotatable bonds is 10. The molecule has 0 bridgehead atoms. The first-order valence-corrected chi connectivity index (χ1v) is 10.7. The van der Waals surface area contributed by atoms with Gasteiger partial charge < -0.3 is 25.3 Å². The molecule has 7 nitrogen and oxygen atoms in total. The Morgan fingerprint density at radius 1 is 0.912 bits per heavy atom. The fraction of sp³-hybridized carbons (Fsp3) is 0.185. The molecule has 0 aromatic heterocycles. The number of carbonyl (C=O) groups is 2. The zero-order chi connectivity index (χ0) is 24.5. The molecule has 1 atom stereocenters. The molecule has 3 rings (SSSR count). The highest BCUT2D eigenvalue weighted by Gasteiger charge is 2.15. The zero-order valence-corrected chi connectivity index (χ0v) is 19.4. The molecule has 0 radical (unpaired) electrons. The number of ether oxygens (including phenoxy) is 3.